The highest BCUT2D eigenvalue weighted by Crippen LogP contribution is 2.50. The molecule has 0 aliphatic carbocycles. The molecule has 0 bridgehead atoms. The van der Waals surface area contributed by atoms with Crippen LogP contribution in [0.3, 0.4) is 0 Å². The molecule has 0 atom stereocenters. The van der Waals surface area contributed by atoms with Crippen LogP contribution in [-0.2, 0) is 0 Å². The lowest BCUT2D eigenvalue weighted by Crippen LogP contribution is -2.59. The minimum atomic E-state index is -0.102. The largest absolute Gasteiger partial charge is 0.310 e. The highest BCUT2D eigenvalue weighted by molar-refractivity contribution is 7.00. The monoisotopic (exact) mass is 970 g/mol. The zero-order valence-corrected chi connectivity index (χ0v) is 41.4. The molecule has 0 saturated carbocycles. The number of benzene rings is 13. The van der Waals surface area contributed by atoms with Gasteiger partial charge in [0.05, 0.1) is 27.6 Å². The van der Waals surface area contributed by atoms with Crippen LogP contribution in [0.5, 0.6) is 0 Å². The minimum Gasteiger partial charge on any atom is -0.310 e. The molecule has 350 valence electrons. The van der Waals surface area contributed by atoms with Crippen molar-refractivity contribution in [3.05, 3.63) is 237 Å². The smallest absolute Gasteiger partial charge is 0.252 e. The van der Waals surface area contributed by atoms with Gasteiger partial charge in [0.15, 0.2) is 0 Å². The second kappa shape index (κ2) is 14.4. The van der Waals surface area contributed by atoms with E-state index in [4.69, 9.17) is 9.97 Å². The van der Waals surface area contributed by atoms with E-state index in [1.807, 2.05) is 18.5 Å². The summed E-state index contributed by atoms with van der Waals surface area (Å²) in [6.07, 6.45) is 3.79. The van der Waals surface area contributed by atoms with Gasteiger partial charge in [-0.1, -0.05) is 164 Å². The summed E-state index contributed by atoms with van der Waals surface area (Å²) >= 11 is 0. The second-order valence-electron chi connectivity index (χ2n) is 21.4. The van der Waals surface area contributed by atoms with Gasteiger partial charge in [-0.2, -0.15) is 0 Å². The van der Waals surface area contributed by atoms with E-state index in [1.54, 1.807) is 0 Å². The van der Waals surface area contributed by atoms with E-state index in [1.165, 1.54) is 158 Å². The maximum atomic E-state index is 4.88. The molecule has 2 aliphatic rings. The highest BCUT2D eigenvalue weighted by atomic mass is 15.0. The number of pyridine rings is 2. The molecule has 0 amide bonds. The first kappa shape index (κ1) is 40.3. The molecular weight excluding hydrogens is 932 g/mol. The van der Waals surface area contributed by atoms with Gasteiger partial charge in [-0.05, 0) is 153 Å². The number of aromatic nitrogens is 4. The minimum absolute atomic E-state index is 0.102. The molecule has 2 aliphatic heterocycles. The van der Waals surface area contributed by atoms with Crippen LogP contribution in [0.15, 0.2) is 237 Å². The second-order valence-corrected chi connectivity index (χ2v) is 21.4. The fourth-order valence-corrected chi connectivity index (χ4v) is 15.0. The Morgan fingerprint density at radius 1 is 0.286 bits per heavy atom. The van der Waals surface area contributed by atoms with Crippen LogP contribution in [-0.4, -0.2) is 25.8 Å². The zero-order chi connectivity index (χ0) is 49.8. The Labute approximate surface area is 440 Å². The molecule has 17 aromatic rings. The van der Waals surface area contributed by atoms with E-state index in [2.05, 4.69) is 228 Å². The molecule has 0 N–H and O–H groups in total. The third kappa shape index (κ3) is 5.00. The fourth-order valence-electron chi connectivity index (χ4n) is 15.0. The van der Waals surface area contributed by atoms with E-state index in [0.29, 0.717) is 0 Å². The number of nitrogens with zero attached hydrogens (tertiary/aromatic N) is 4. The third-order valence-electron chi connectivity index (χ3n) is 17.9. The fraction of sp³-hybridized carbons (Fsp3) is 0. The molecular formula is C72H39BN4. The number of fused-ring (bicyclic) bond motifs is 26. The number of hydrogen-bond donors (Lipinski definition) is 0. The van der Waals surface area contributed by atoms with Crippen molar-refractivity contribution in [1.82, 2.24) is 19.1 Å². The quantitative estimate of drug-likeness (QED) is 0.128. The molecule has 19 rings (SSSR count). The Morgan fingerprint density at radius 2 is 0.766 bits per heavy atom. The Hall–Kier alpha value is -10.1. The summed E-state index contributed by atoms with van der Waals surface area (Å²) in [6, 6.07) is 84.7. The molecule has 13 aromatic carbocycles. The van der Waals surface area contributed by atoms with Gasteiger partial charge < -0.3 is 9.13 Å². The van der Waals surface area contributed by atoms with Crippen LogP contribution in [0.1, 0.15) is 0 Å². The average Bonchev–Trinajstić information content (AvgIpc) is 4.18. The standard InChI is InChI=1S/C72H39BN4/c1-3-18-48-44(14-1)46-16-5-7-20-52(46)66-54(48)31-33-63-68(66)69-67-53-21-8-6-17-47(53)45-15-2-4-19-49(45)56(67)39-59-72(69)77(63)65-29-11-28-64-70(65)73(59)58-38-41(43-23-10-27-61-51(43)25-13-35-75-61)37-57-55-36-40(30-32-62(55)76(64)71(57)58)42-22-9-26-60-50(42)24-12-34-74-60/h1-39H. The summed E-state index contributed by atoms with van der Waals surface area (Å²) in [7, 11) is 0. The highest BCUT2D eigenvalue weighted by Gasteiger charge is 2.42. The van der Waals surface area contributed by atoms with E-state index in [0.717, 1.165) is 21.8 Å². The molecule has 4 nitrogen and oxygen atoms in total. The van der Waals surface area contributed by atoms with E-state index >= 15 is 0 Å². The molecule has 0 fully saturated rings. The predicted octanol–water partition coefficient (Wildman–Crippen LogP) is 16.4. The SMILES string of the molecule is c1cc2c3c(c1)-n1c4ccc5c6ccccc6c6ccccc6c5c4c4c5c6ccccc6c6ccccc6c5cc(c41)B3c1cc(-c3cccc4ncccc34)cc3c4cc(-c5cccc6ncccc56)ccc4n-2c13. The molecule has 0 spiro atoms. The summed E-state index contributed by atoms with van der Waals surface area (Å²) in [4.78, 5) is 9.65. The summed E-state index contributed by atoms with van der Waals surface area (Å²) < 4.78 is 5.27. The van der Waals surface area contributed by atoms with Crippen LogP contribution >= 0.6 is 0 Å². The van der Waals surface area contributed by atoms with Crippen molar-refractivity contribution in [2.45, 2.75) is 0 Å². The first-order valence-corrected chi connectivity index (χ1v) is 26.8. The van der Waals surface area contributed by atoms with E-state index in [-0.39, 0.29) is 6.71 Å². The van der Waals surface area contributed by atoms with Crippen LogP contribution in [0.25, 0.3) is 164 Å². The van der Waals surface area contributed by atoms with Gasteiger partial charge in [-0.3, -0.25) is 9.97 Å². The van der Waals surface area contributed by atoms with Gasteiger partial charge >= 0.3 is 0 Å². The lowest BCUT2D eigenvalue weighted by Gasteiger charge is -2.34. The van der Waals surface area contributed by atoms with Crippen molar-refractivity contribution in [3.8, 4) is 33.6 Å². The van der Waals surface area contributed by atoms with Crippen LogP contribution in [0, 0.1) is 0 Å². The topological polar surface area (TPSA) is 35.6 Å². The Bertz CT molecular complexity index is 5560. The van der Waals surface area contributed by atoms with Gasteiger partial charge in [0.2, 0.25) is 0 Å². The van der Waals surface area contributed by atoms with Crippen molar-refractivity contribution in [2.75, 3.05) is 0 Å². The zero-order valence-electron chi connectivity index (χ0n) is 41.4. The first-order chi connectivity index (χ1) is 38.2. The summed E-state index contributed by atoms with van der Waals surface area (Å²) in [5.41, 5.74) is 18.1. The van der Waals surface area contributed by atoms with Gasteiger partial charge in [-0.25, -0.2) is 0 Å². The summed E-state index contributed by atoms with van der Waals surface area (Å²) in [5, 5.41) is 22.8. The maximum absolute atomic E-state index is 4.88. The van der Waals surface area contributed by atoms with Crippen molar-refractivity contribution in [2.24, 2.45) is 0 Å². The average molecular weight is 971 g/mol. The molecule has 77 heavy (non-hydrogen) atoms. The van der Waals surface area contributed by atoms with Gasteiger partial charge in [0, 0.05) is 72.4 Å². The van der Waals surface area contributed by atoms with Crippen molar-refractivity contribution < 1.29 is 0 Å². The molecule has 5 heteroatoms. The van der Waals surface area contributed by atoms with E-state index < -0.39 is 0 Å². The van der Waals surface area contributed by atoms with Crippen molar-refractivity contribution in [1.29, 1.82) is 0 Å². The first-order valence-electron chi connectivity index (χ1n) is 26.8. The predicted molar refractivity (Wildman–Crippen MR) is 326 cm³/mol. The molecule has 0 saturated heterocycles. The molecule has 6 heterocycles. The third-order valence-corrected chi connectivity index (χ3v) is 17.9. The Morgan fingerprint density at radius 3 is 1.40 bits per heavy atom. The number of hydrogen-bond acceptors (Lipinski definition) is 2. The maximum Gasteiger partial charge on any atom is 0.252 e. The summed E-state index contributed by atoms with van der Waals surface area (Å²) in [5.74, 6) is 0. The van der Waals surface area contributed by atoms with Gasteiger partial charge in [0.25, 0.3) is 6.71 Å². The van der Waals surface area contributed by atoms with Gasteiger partial charge in [0.1, 0.15) is 0 Å². The molecule has 4 aromatic heterocycles. The Balaban J connectivity index is 1.04. The van der Waals surface area contributed by atoms with Crippen LogP contribution in [0.2, 0.25) is 0 Å². The lowest BCUT2D eigenvalue weighted by atomic mass is 9.34. The Kier molecular flexibility index (Phi) is 7.53. The van der Waals surface area contributed by atoms with E-state index in [9.17, 15) is 0 Å². The van der Waals surface area contributed by atoms with Gasteiger partial charge in [-0.15, -0.1) is 0 Å². The van der Waals surface area contributed by atoms with Crippen LogP contribution in [0.4, 0.5) is 0 Å². The van der Waals surface area contributed by atoms with Crippen molar-refractivity contribution >= 4 is 153 Å². The number of rotatable bonds is 2. The molecule has 0 unspecified atom stereocenters. The van der Waals surface area contributed by atoms with Crippen LogP contribution < -0.4 is 16.4 Å². The summed E-state index contributed by atoms with van der Waals surface area (Å²) in [6.45, 7) is -0.102. The lowest BCUT2D eigenvalue weighted by molar-refractivity contribution is 1.14. The van der Waals surface area contributed by atoms with Crippen molar-refractivity contribution in [3.63, 3.8) is 0 Å². The molecule has 0 radical (unpaired) electrons. The normalized spacial score (nSPS) is 12.9.